The second-order valence-electron chi connectivity index (χ2n) is 6.08. The van der Waals surface area contributed by atoms with Gasteiger partial charge in [0.1, 0.15) is 6.07 Å². The van der Waals surface area contributed by atoms with E-state index in [0.717, 1.165) is 6.42 Å². The van der Waals surface area contributed by atoms with Crippen molar-refractivity contribution < 1.29 is 9.59 Å². The summed E-state index contributed by atoms with van der Waals surface area (Å²) < 4.78 is 0. The summed E-state index contributed by atoms with van der Waals surface area (Å²) in [4.78, 5) is 29.0. The van der Waals surface area contributed by atoms with E-state index in [1.807, 2.05) is 30.3 Å². The highest BCUT2D eigenvalue weighted by Gasteiger charge is 2.13. The summed E-state index contributed by atoms with van der Waals surface area (Å²) in [7, 11) is 0. The fourth-order valence-corrected chi connectivity index (χ4v) is 2.60. The van der Waals surface area contributed by atoms with Gasteiger partial charge >= 0.3 is 0 Å². The molecule has 1 heterocycles. The van der Waals surface area contributed by atoms with Crippen molar-refractivity contribution in [1.82, 2.24) is 4.98 Å². The van der Waals surface area contributed by atoms with E-state index in [9.17, 15) is 9.59 Å². The summed E-state index contributed by atoms with van der Waals surface area (Å²) in [6.07, 6.45) is 3.69. The van der Waals surface area contributed by atoms with Gasteiger partial charge in [0.25, 0.3) is 11.8 Å². The van der Waals surface area contributed by atoms with Gasteiger partial charge in [0.05, 0.1) is 22.4 Å². The Hall–Kier alpha value is -3.98. The molecule has 0 saturated heterocycles. The summed E-state index contributed by atoms with van der Waals surface area (Å²) in [5.74, 6) is -0.805. The largest absolute Gasteiger partial charge is 0.322 e. The van der Waals surface area contributed by atoms with Gasteiger partial charge in [-0.15, -0.1) is 0 Å². The molecule has 2 N–H and O–H groups in total. The quantitative estimate of drug-likeness (QED) is 0.709. The van der Waals surface area contributed by atoms with Gasteiger partial charge in [-0.3, -0.25) is 14.6 Å². The molecule has 2 amide bonds. The van der Waals surface area contributed by atoms with E-state index in [2.05, 4.69) is 22.5 Å². The van der Waals surface area contributed by atoms with Gasteiger partial charge < -0.3 is 10.6 Å². The van der Waals surface area contributed by atoms with Crippen LogP contribution in [-0.4, -0.2) is 16.8 Å². The highest BCUT2D eigenvalue weighted by atomic mass is 16.2. The summed E-state index contributed by atoms with van der Waals surface area (Å²) >= 11 is 0. The predicted octanol–water partition coefficient (Wildman–Crippen LogP) is 4.02. The van der Waals surface area contributed by atoms with Crippen LogP contribution in [0.15, 0.2) is 67.0 Å². The Kier molecular flexibility index (Phi) is 5.78. The molecule has 2 aromatic carbocycles. The number of pyridine rings is 1. The van der Waals surface area contributed by atoms with Crippen molar-refractivity contribution in [3.05, 3.63) is 89.2 Å². The molecule has 6 nitrogen and oxygen atoms in total. The molecule has 0 fully saturated rings. The van der Waals surface area contributed by atoms with E-state index < -0.39 is 5.91 Å². The Morgan fingerprint density at radius 3 is 2.25 bits per heavy atom. The maximum Gasteiger partial charge on any atom is 0.257 e. The third-order valence-corrected chi connectivity index (χ3v) is 4.18. The smallest absolute Gasteiger partial charge is 0.257 e. The Bertz CT molecular complexity index is 1050. The third kappa shape index (κ3) is 4.40. The number of carbonyl (C=O) groups excluding carboxylic acids is 2. The number of rotatable bonds is 5. The summed E-state index contributed by atoms with van der Waals surface area (Å²) in [6.45, 7) is 2.06. The second-order valence-corrected chi connectivity index (χ2v) is 6.08. The van der Waals surface area contributed by atoms with Gasteiger partial charge in [-0.25, -0.2) is 0 Å². The van der Waals surface area contributed by atoms with Gasteiger partial charge in [0, 0.05) is 18.1 Å². The number of aryl methyl sites for hydroxylation is 1. The highest BCUT2D eigenvalue weighted by Crippen LogP contribution is 2.16. The molecule has 0 saturated carbocycles. The molecular weight excluding hydrogens is 352 g/mol. The summed E-state index contributed by atoms with van der Waals surface area (Å²) in [6, 6.07) is 17.7. The molecule has 28 heavy (non-hydrogen) atoms. The minimum Gasteiger partial charge on any atom is -0.322 e. The van der Waals surface area contributed by atoms with Crippen molar-refractivity contribution in [1.29, 1.82) is 5.26 Å². The molecule has 0 spiro atoms. The average Bonchev–Trinajstić information content (AvgIpc) is 2.74. The SMILES string of the molecule is CCc1ccc(NC(=O)c2cncc(C(=O)Nc3ccccc3C#N)c2)cc1. The molecule has 0 aliphatic carbocycles. The molecule has 138 valence electrons. The lowest BCUT2D eigenvalue weighted by molar-refractivity contribution is 0.102. The first-order valence-corrected chi connectivity index (χ1v) is 8.76. The maximum atomic E-state index is 12.5. The van der Waals surface area contributed by atoms with Crippen molar-refractivity contribution >= 4 is 23.2 Å². The molecule has 0 radical (unpaired) electrons. The number of nitriles is 1. The van der Waals surface area contributed by atoms with Gasteiger partial charge in [-0.2, -0.15) is 5.26 Å². The number of hydrogen-bond donors (Lipinski definition) is 2. The molecule has 0 bridgehead atoms. The van der Waals surface area contributed by atoms with Crippen LogP contribution in [0.4, 0.5) is 11.4 Å². The number of benzene rings is 2. The van der Waals surface area contributed by atoms with Crippen LogP contribution in [-0.2, 0) is 6.42 Å². The molecule has 0 aliphatic heterocycles. The van der Waals surface area contributed by atoms with E-state index >= 15 is 0 Å². The Morgan fingerprint density at radius 2 is 1.61 bits per heavy atom. The second kappa shape index (κ2) is 8.60. The van der Waals surface area contributed by atoms with E-state index in [0.29, 0.717) is 16.9 Å². The number of carbonyl (C=O) groups is 2. The van der Waals surface area contributed by atoms with E-state index in [1.165, 1.54) is 24.0 Å². The molecule has 3 aromatic rings. The Morgan fingerprint density at radius 1 is 0.964 bits per heavy atom. The van der Waals surface area contributed by atoms with Crippen molar-refractivity contribution in [2.24, 2.45) is 0 Å². The van der Waals surface area contributed by atoms with Crippen molar-refractivity contribution in [2.75, 3.05) is 10.6 Å². The molecule has 1 aromatic heterocycles. The number of nitrogens with zero attached hydrogens (tertiary/aromatic N) is 2. The van der Waals surface area contributed by atoms with Gasteiger partial charge in [-0.1, -0.05) is 31.2 Å². The number of para-hydroxylation sites is 1. The van der Waals surface area contributed by atoms with Gasteiger partial charge in [0.2, 0.25) is 0 Å². The van der Waals surface area contributed by atoms with Crippen LogP contribution in [0.2, 0.25) is 0 Å². The number of aromatic nitrogens is 1. The molecule has 0 atom stereocenters. The lowest BCUT2D eigenvalue weighted by Crippen LogP contribution is -2.16. The van der Waals surface area contributed by atoms with E-state index in [4.69, 9.17) is 5.26 Å². The van der Waals surface area contributed by atoms with E-state index in [1.54, 1.807) is 24.3 Å². The zero-order valence-corrected chi connectivity index (χ0v) is 15.3. The average molecular weight is 370 g/mol. The fraction of sp³-hybridized carbons (Fsp3) is 0.0909. The van der Waals surface area contributed by atoms with E-state index in [-0.39, 0.29) is 17.0 Å². The van der Waals surface area contributed by atoms with Crippen LogP contribution >= 0.6 is 0 Å². The number of amides is 2. The standard InChI is InChI=1S/C22H18N4O2/c1-2-15-7-9-19(10-8-15)25-21(27)17-11-18(14-24-13-17)22(28)26-20-6-4-3-5-16(20)12-23/h3-11,13-14H,2H2,1H3,(H,25,27)(H,26,28). The molecule has 6 heteroatoms. The highest BCUT2D eigenvalue weighted by molar-refractivity contribution is 6.08. The fourth-order valence-electron chi connectivity index (χ4n) is 2.60. The van der Waals surface area contributed by atoms with Gasteiger partial charge in [-0.05, 0) is 42.3 Å². The molecular formula is C22H18N4O2. The zero-order valence-electron chi connectivity index (χ0n) is 15.3. The normalized spacial score (nSPS) is 10.0. The first-order valence-electron chi connectivity index (χ1n) is 8.76. The maximum absolute atomic E-state index is 12.5. The van der Waals surface area contributed by atoms with Crippen LogP contribution in [0.25, 0.3) is 0 Å². The number of anilines is 2. The molecule has 0 aliphatic rings. The topological polar surface area (TPSA) is 94.9 Å². The number of nitrogens with one attached hydrogen (secondary N) is 2. The summed E-state index contributed by atoms with van der Waals surface area (Å²) in [5, 5.41) is 14.6. The molecule has 3 rings (SSSR count). The first-order chi connectivity index (χ1) is 13.6. The van der Waals surface area contributed by atoms with Gasteiger partial charge in [0.15, 0.2) is 0 Å². The van der Waals surface area contributed by atoms with Crippen LogP contribution in [0.3, 0.4) is 0 Å². The Labute approximate surface area is 162 Å². The Balaban J connectivity index is 1.74. The predicted molar refractivity (Wildman–Crippen MR) is 107 cm³/mol. The first kappa shape index (κ1) is 18.8. The lowest BCUT2D eigenvalue weighted by Gasteiger charge is -2.09. The molecule has 0 unspecified atom stereocenters. The minimum atomic E-state index is -0.447. The van der Waals surface area contributed by atoms with Crippen LogP contribution < -0.4 is 10.6 Å². The summed E-state index contributed by atoms with van der Waals surface area (Å²) in [5.41, 5.74) is 3.09. The van der Waals surface area contributed by atoms with Crippen molar-refractivity contribution in [3.8, 4) is 6.07 Å². The third-order valence-electron chi connectivity index (χ3n) is 4.18. The number of hydrogen-bond acceptors (Lipinski definition) is 4. The monoisotopic (exact) mass is 370 g/mol. The van der Waals surface area contributed by atoms with Crippen LogP contribution in [0.5, 0.6) is 0 Å². The van der Waals surface area contributed by atoms with Crippen molar-refractivity contribution in [2.45, 2.75) is 13.3 Å². The zero-order chi connectivity index (χ0) is 19.9. The minimum absolute atomic E-state index is 0.224. The van der Waals surface area contributed by atoms with Crippen LogP contribution in [0, 0.1) is 11.3 Å². The lowest BCUT2D eigenvalue weighted by atomic mass is 10.1. The van der Waals surface area contributed by atoms with Crippen LogP contribution in [0.1, 0.15) is 38.8 Å². The van der Waals surface area contributed by atoms with Crippen molar-refractivity contribution in [3.63, 3.8) is 0 Å².